The first-order valence-electron chi connectivity index (χ1n) is 5.88. The van der Waals surface area contributed by atoms with Crippen LogP contribution in [0.3, 0.4) is 0 Å². The molecule has 0 aliphatic heterocycles. The molecule has 0 aromatic heterocycles. The van der Waals surface area contributed by atoms with Crippen LogP contribution >= 0.6 is 15.9 Å². The second-order valence-corrected chi connectivity index (χ2v) is 5.41. The minimum atomic E-state index is -4.83. The highest BCUT2D eigenvalue weighted by atomic mass is 79.9. The lowest BCUT2D eigenvalue weighted by Crippen LogP contribution is -2.43. The minimum Gasteiger partial charge on any atom is -0.372 e. The summed E-state index contributed by atoms with van der Waals surface area (Å²) in [6.07, 6.45) is -4.83. The maximum atomic E-state index is 13.5. The topological polar surface area (TPSA) is 20.2 Å². The molecule has 1 nitrogen and oxygen atoms in total. The molecule has 1 atom stereocenters. The van der Waals surface area contributed by atoms with Crippen molar-refractivity contribution >= 4 is 15.9 Å². The van der Waals surface area contributed by atoms with Gasteiger partial charge >= 0.3 is 6.18 Å². The number of alkyl halides is 3. The first-order valence-corrected chi connectivity index (χ1v) is 6.67. The van der Waals surface area contributed by atoms with E-state index in [1.165, 1.54) is 36.4 Å². The highest BCUT2D eigenvalue weighted by Crippen LogP contribution is 2.46. The van der Waals surface area contributed by atoms with Crippen LogP contribution < -0.4 is 0 Å². The summed E-state index contributed by atoms with van der Waals surface area (Å²) in [5.41, 5.74) is -2.81. The van der Waals surface area contributed by atoms with Crippen molar-refractivity contribution < 1.29 is 18.3 Å². The fraction of sp³-hybridized carbons (Fsp3) is 0.200. The van der Waals surface area contributed by atoms with Crippen molar-refractivity contribution in [3.8, 4) is 0 Å². The third-order valence-corrected chi connectivity index (χ3v) is 3.80. The zero-order valence-corrected chi connectivity index (χ0v) is 12.2. The maximum Gasteiger partial charge on any atom is 0.425 e. The Bertz CT molecular complexity index is 625. The lowest BCUT2D eigenvalue weighted by molar-refractivity contribution is -0.248. The first kappa shape index (κ1) is 15.1. The Balaban J connectivity index is 2.74. The molecule has 1 N–H and O–H groups in total. The number of aryl methyl sites for hydroxylation is 1. The molecule has 106 valence electrons. The van der Waals surface area contributed by atoms with Gasteiger partial charge in [-0.3, -0.25) is 0 Å². The smallest absolute Gasteiger partial charge is 0.372 e. The number of hydrogen-bond donors (Lipinski definition) is 1. The van der Waals surface area contributed by atoms with E-state index in [9.17, 15) is 18.3 Å². The zero-order chi connectivity index (χ0) is 15.0. The standard InChI is InChI=1S/C15H12BrF3O/c1-10-5-4-6-11(9-10)14(20,15(17,18)19)12-7-2-3-8-13(12)16/h2-9,20H,1H3. The maximum absolute atomic E-state index is 13.5. The first-order chi connectivity index (χ1) is 9.26. The highest BCUT2D eigenvalue weighted by molar-refractivity contribution is 9.10. The lowest BCUT2D eigenvalue weighted by Gasteiger charge is -2.32. The van der Waals surface area contributed by atoms with E-state index in [1.54, 1.807) is 19.1 Å². The van der Waals surface area contributed by atoms with E-state index in [1.807, 2.05) is 0 Å². The normalized spacial score (nSPS) is 14.9. The van der Waals surface area contributed by atoms with Gasteiger partial charge in [-0.2, -0.15) is 13.2 Å². The van der Waals surface area contributed by atoms with Gasteiger partial charge in [0, 0.05) is 10.0 Å². The molecule has 20 heavy (non-hydrogen) atoms. The van der Waals surface area contributed by atoms with Gasteiger partial charge in [-0.25, -0.2) is 0 Å². The molecule has 2 aromatic carbocycles. The molecule has 0 bridgehead atoms. The summed E-state index contributed by atoms with van der Waals surface area (Å²) in [5.74, 6) is 0. The third kappa shape index (κ3) is 2.47. The number of halogens is 4. The molecular formula is C15H12BrF3O. The van der Waals surface area contributed by atoms with Crippen LogP contribution in [0.2, 0.25) is 0 Å². The summed E-state index contributed by atoms with van der Waals surface area (Å²) in [6, 6.07) is 11.6. The molecule has 0 radical (unpaired) electrons. The SMILES string of the molecule is Cc1cccc(C(O)(c2ccccc2Br)C(F)(F)F)c1. The second-order valence-electron chi connectivity index (χ2n) is 4.56. The average Bonchev–Trinajstić information content (AvgIpc) is 2.37. The summed E-state index contributed by atoms with van der Waals surface area (Å²) >= 11 is 3.08. The van der Waals surface area contributed by atoms with Crippen molar-refractivity contribution in [1.29, 1.82) is 0 Å². The van der Waals surface area contributed by atoms with Crippen molar-refractivity contribution in [2.24, 2.45) is 0 Å². The van der Waals surface area contributed by atoms with Crippen LogP contribution in [0.5, 0.6) is 0 Å². The van der Waals surface area contributed by atoms with Gasteiger partial charge in [0.2, 0.25) is 5.60 Å². The van der Waals surface area contributed by atoms with Gasteiger partial charge in [0.15, 0.2) is 0 Å². The van der Waals surface area contributed by atoms with Crippen LogP contribution in [0.1, 0.15) is 16.7 Å². The van der Waals surface area contributed by atoms with Gasteiger partial charge < -0.3 is 5.11 Å². The second kappa shape index (κ2) is 5.22. The molecule has 0 spiro atoms. The van der Waals surface area contributed by atoms with Crippen molar-refractivity contribution in [1.82, 2.24) is 0 Å². The van der Waals surface area contributed by atoms with E-state index >= 15 is 0 Å². The van der Waals surface area contributed by atoms with Gasteiger partial charge in [-0.1, -0.05) is 64.0 Å². The molecular weight excluding hydrogens is 333 g/mol. The van der Waals surface area contributed by atoms with Crippen LogP contribution in [0.25, 0.3) is 0 Å². The van der Waals surface area contributed by atoms with Crippen LogP contribution in [0.4, 0.5) is 13.2 Å². The van der Waals surface area contributed by atoms with Gasteiger partial charge in [0.1, 0.15) is 0 Å². The van der Waals surface area contributed by atoms with E-state index in [0.29, 0.717) is 5.56 Å². The van der Waals surface area contributed by atoms with Crippen LogP contribution in [-0.2, 0) is 5.60 Å². The molecule has 0 aliphatic rings. The molecule has 1 unspecified atom stereocenters. The Morgan fingerprint density at radius 1 is 1.00 bits per heavy atom. The van der Waals surface area contributed by atoms with Crippen LogP contribution in [0.15, 0.2) is 53.0 Å². The Morgan fingerprint density at radius 3 is 2.20 bits per heavy atom. The van der Waals surface area contributed by atoms with Crippen molar-refractivity contribution in [2.45, 2.75) is 18.7 Å². The van der Waals surface area contributed by atoms with Crippen molar-refractivity contribution in [2.75, 3.05) is 0 Å². The molecule has 2 aromatic rings. The summed E-state index contributed by atoms with van der Waals surface area (Å²) in [7, 11) is 0. The van der Waals surface area contributed by atoms with Gasteiger partial charge in [-0.15, -0.1) is 0 Å². The summed E-state index contributed by atoms with van der Waals surface area (Å²) in [5, 5.41) is 10.4. The molecule has 5 heteroatoms. The summed E-state index contributed by atoms with van der Waals surface area (Å²) in [4.78, 5) is 0. The van der Waals surface area contributed by atoms with Crippen LogP contribution in [0, 0.1) is 6.92 Å². The fourth-order valence-electron chi connectivity index (χ4n) is 2.10. The van der Waals surface area contributed by atoms with Gasteiger partial charge in [0.05, 0.1) is 0 Å². The lowest BCUT2D eigenvalue weighted by atomic mass is 9.85. The molecule has 0 saturated heterocycles. The fourth-order valence-corrected chi connectivity index (χ4v) is 2.67. The molecule has 2 rings (SSSR count). The van der Waals surface area contributed by atoms with E-state index in [-0.39, 0.29) is 15.6 Å². The van der Waals surface area contributed by atoms with Gasteiger partial charge in [0.25, 0.3) is 0 Å². The monoisotopic (exact) mass is 344 g/mol. The number of benzene rings is 2. The predicted octanol–water partition coefficient (Wildman–Crippen LogP) is 4.56. The molecule has 0 saturated carbocycles. The van der Waals surface area contributed by atoms with E-state index < -0.39 is 11.8 Å². The number of aliphatic hydroxyl groups is 1. The molecule has 0 aliphatic carbocycles. The quantitative estimate of drug-likeness (QED) is 0.846. The predicted molar refractivity (Wildman–Crippen MR) is 74.4 cm³/mol. The number of rotatable bonds is 2. The third-order valence-electron chi connectivity index (χ3n) is 3.11. The Hall–Kier alpha value is -1.33. The van der Waals surface area contributed by atoms with E-state index in [4.69, 9.17) is 0 Å². The van der Waals surface area contributed by atoms with Crippen LogP contribution in [-0.4, -0.2) is 11.3 Å². The Labute approximate surface area is 123 Å². The van der Waals surface area contributed by atoms with E-state index in [0.717, 1.165) is 0 Å². The van der Waals surface area contributed by atoms with Gasteiger partial charge in [-0.05, 0) is 18.6 Å². The Morgan fingerprint density at radius 2 is 1.65 bits per heavy atom. The Kier molecular flexibility index (Phi) is 3.93. The van der Waals surface area contributed by atoms with Crippen molar-refractivity contribution in [3.05, 3.63) is 69.7 Å². The molecule has 0 fully saturated rings. The average molecular weight is 345 g/mol. The van der Waals surface area contributed by atoms with E-state index in [2.05, 4.69) is 15.9 Å². The molecule has 0 amide bonds. The minimum absolute atomic E-state index is 0.197. The number of hydrogen-bond acceptors (Lipinski definition) is 1. The highest BCUT2D eigenvalue weighted by Gasteiger charge is 2.57. The largest absolute Gasteiger partial charge is 0.425 e. The molecule has 0 heterocycles. The van der Waals surface area contributed by atoms with Crippen molar-refractivity contribution in [3.63, 3.8) is 0 Å². The zero-order valence-electron chi connectivity index (χ0n) is 10.6. The summed E-state index contributed by atoms with van der Waals surface area (Å²) in [6.45, 7) is 1.68. The summed E-state index contributed by atoms with van der Waals surface area (Å²) < 4.78 is 40.8.